The quantitative estimate of drug-likeness (QED) is 0.780. The molecule has 0 aliphatic carbocycles. The van der Waals surface area contributed by atoms with E-state index in [4.69, 9.17) is 0 Å². The number of likely N-dealkylation sites (N-methyl/N-ethyl adjacent to an activating group) is 1. The van der Waals surface area contributed by atoms with E-state index >= 15 is 0 Å². The summed E-state index contributed by atoms with van der Waals surface area (Å²) in [6.45, 7) is 0.640. The third-order valence-electron chi connectivity index (χ3n) is 4.39. The predicted molar refractivity (Wildman–Crippen MR) is 93.8 cm³/mol. The van der Waals surface area contributed by atoms with Crippen molar-refractivity contribution in [3.63, 3.8) is 0 Å². The molecule has 0 bridgehead atoms. The smallest absolute Gasteiger partial charge is 0.281 e. The Morgan fingerprint density at radius 1 is 1.08 bits per heavy atom. The number of nitrogens with zero attached hydrogens (tertiary/aromatic N) is 5. The van der Waals surface area contributed by atoms with Crippen LogP contribution in [0.3, 0.4) is 0 Å². The van der Waals surface area contributed by atoms with Crippen molar-refractivity contribution in [2.45, 2.75) is 6.04 Å². The fourth-order valence-electron chi connectivity index (χ4n) is 2.69. The van der Waals surface area contributed by atoms with Crippen LogP contribution >= 0.6 is 0 Å². The molecule has 1 aromatic heterocycles. The first-order chi connectivity index (χ1) is 12.2. The van der Waals surface area contributed by atoms with Crippen LogP contribution in [-0.2, 0) is 10.2 Å². The molecule has 7 nitrogen and oxygen atoms in total. The number of benzene rings is 1. The monoisotopic (exact) mass is 383 g/mol. The zero-order valence-corrected chi connectivity index (χ0v) is 15.4. The van der Waals surface area contributed by atoms with E-state index < -0.39 is 21.8 Å². The van der Waals surface area contributed by atoms with Crippen LogP contribution in [0, 0.1) is 11.6 Å². The van der Waals surface area contributed by atoms with Crippen LogP contribution in [0.25, 0.3) is 11.3 Å². The van der Waals surface area contributed by atoms with Crippen molar-refractivity contribution in [2.75, 3.05) is 39.1 Å². The highest BCUT2D eigenvalue weighted by molar-refractivity contribution is 7.86. The minimum absolute atomic E-state index is 0.0766. The lowest BCUT2D eigenvalue weighted by molar-refractivity contribution is 0.291. The lowest BCUT2D eigenvalue weighted by Crippen LogP contribution is -2.61. The maximum Gasteiger partial charge on any atom is 0.281 e. The molecule has 1 aromatic carbocycles. The SMILES string of the molecule is CN(C)S(=O)(=O)N(C)C1CN(c2ncnc(-c3ccc(F)cc3)c2F)C1. The number of halogens is 2. The first kappa shape index (κ1) is 18.6. The van der Waals surface area contributed by atoms with E-state index in [-0.39, 0.29) is 17.6 Å². The highest BCUT2D eigenvalue weighted by atomic mass is 32.2. The van der Waals surface area contributed by atoms with Gasteiger partial charge in [-0.15, -0.1) is 0 Å². The molecule has 2 heterocycles. The highest BCUT2D eigenvalue weighted by Gasteiger charge is 2.38. The molecule has 0 unspecified atom stereocenters. The zero-order chi connectivity index (χ0) is 19.1. The minimum Gasteiger partial charge on any atom is -0.351 e. The molecule has 1 fully saturated rings. The normalized spacial score (nSPS) is 15.6. The van der Waals surface area contributed by atoms with Gasteiger partial charge in [0.15, 0.2) is 11.6 Å². The second-order valence-electron chi connectivity index (χ2n) is 6.23. The van der Waals surface area contributed by atoms with Gasteiger partial charge in [0.25, 0.3) is 10.2 Å². The van der Waals surface area contributed by atoms with Gasteiger partial charge in [-0.1, -0.05) is 0 Å². The summed E-state index contributed by atoms with van der Waals surface area (Å²) in [5, 5.41) is 0. The van der Waals surface area contributed by atoms with Crippen LogP contribution in [0.2, 0.25) is 0 Å². The molecule has 26 heavy (non-hydrogen) atoms. The number of aromatic nitrogens is 2. The van der Waals surface area contributed by atoms with Crippen LogP contribution in [0.5, 0.6) is 0 Å². The highest BCUT2D eigenvalue weighted by Crippen LogP contribution is 2.30. The van der Waals surface area contributed by atoms with E-state index in [9.17, 15) is 17.2 Å². The molecule has 0 spiro atoms. The second-order valence-corrected chi connectivity index (χ2v) is 8.43. The van der Waals surface area contributed by atoms with Crippen molar-refractivity contribution in [2.24, 2.45) is 0 Å². The minimum atomic E-state index is -3.53. The first-order valence-corrected chi connectivity index (χ1v) is 9.28. The first-order valence-electron chi connectivity index (χ1n) is 7.88. The lowest BCUT2D eigenvalue weighted by Gasteiger charge is -2.44. The van der Waals surface area contributed by atoms with Crippen LogP contribution in [0.4, 0.5) is 14.6 Å². The summed E-state index contributed by atoms with van der Waals surface area (Å²) in [5.74, 6) is -0.930. The largest absolute Gasteiger partial charge is 0.351 e. The van der Waals surface area contributed by atoms with Crippen LogP contribution in [0.1, 0.15) is 0 Å². The fraction of sp³-hybridized carbons (Fsp3) is 0.375. The van der Waals surface area contributed by atoms with Gasteiger partial charge in [0.2, 0.25) is 0 Å². The van der Waals surface area contributed by atoms with Gasteiger partial charge in [-0.3, -0.25) is 0 Å². The Balaban J connectivity index is 1.79. The molecule has 1 saturated heterocycles. The summed E-state index contributed by atoms with van der Waals surface area (Å²) in [7, 11) is 0.887. The summed E-state index contributed by atoms with van der Waals surface area (Å²) in [6, 6.07) is 5.09. The molecular weight excluding hydrogens is 364 g/mol. The van der Waals surface area contributed by atoms with E-state index in [0.717, 1.165) is 4.31 Å². The van der Waals surface area contributed by atoms with Crippen molar-refractivity contribution in [1.29, 1.82) is 0 Å². The molecular formula is C16H19F2N5O2S. The van der Waals surface area contributed by atoms with Gasteiger partial charge in [0.05, 0.1) is 6.04 Å². The van der Waals surface area contributed by atoms with Crippen molar-refractivity contribution >= 4 is 16.0 Å². The van der Waals surface area contributed by atoms with Gasteiger partial charge in [0, 0.05) is 39.8 Å². The van der Waals surface area contributed by atoms with Gasteiger partial charge in [-0.2, -0.15) is 17.0 Å². The van der Waals surface area contributed by atoms with Gasteiger partial charge < -0.3 is 4.90 Å². The van der Waals surface area contributed by atoms with Gasteiger partial charge in [-0.05, 0) is 24.3 Å². The summed E-state index contributed by atoms with van der Waals surface area (Å²) < 4.78 is 54.6. The Labute approximate surface area is 151 Å². The molecule has 1 aliphatic rings. The van der Waals surface area contributed by atoms with Crippen molar-refractivity contribution in [3.8, 4) is 11.3 Å². The average Bonchev–Trinajstić information content (AvgIpc) is 2.55. The maximum absolute atomic E-state index is 14.8. The maximum atomic E-state index is 14.8. The van der Waals surface area contributed by atoms with Crippen LogP contribution in [0.15, 0.2) is 30.6 Å². The van der Waals surface area contributed by atoms with E-state index in [1.165, 1.54) is 56.0 Å². The van der Waals surface area contributed by atoms with Gasteiger partial charge in [-0.25, -0.2) is 18.7 Å². The second kappa shape index (κ2) is 6.86. The Morgan fingerprint density at radius 2 is 1.69 bits per heavy atom. The summed E-state index contributed by atoms with van der Waals surface area (Å²) >= 11 is 0. The van der Waals surface area contributed by atoms with E-state index in [0.29, 0.717) is 18.7 Å². The van der Waals surface area contributed by atoms with Crippen LogP contribution < -0.4 is 4.90 Å². The topological polar surface area (TPSA) is 69.6 Å². The lowest BCUT2D eigenvalue weighted by atomic mass is 10.1. The predicted octanol–water partition coefficient (Wildman–Crippen LogP) is 1.35. The van der Waals surface area contributed by atoms with Crippen molar-refractivity contribution in [1.82, 2.24) is 18.6 Å². The Morgan fingerprint density at radius 3 is 2.27 bits per heavy atom. The third kappa shape index (κ3) is 3.27. The molecule has 2 aromatic rings. The number of rotatable bonds is 5. The van der Waals surface area contributed by atoms with E-state index in [2.05, 4.69) is 9.97 Å². The molecule has 0 saturated carbocycles. The van der Waals surface area contributed by atoms with Gasteiger partial charge >= 0.3 is 0 Å². The third-order valence-corrected chi connectivity index (χ3v) is 6.34. The van der Waals surface area contributed by atoms with Crippen molar-refractivity contribution in [3.05, 3.63) is 42.2 Å². The molecule has 1 aliphatic heterocycles. The molecule has 0 amide bonds. The number of hydrogen-bond donors (Lipinski definition) is 0. The molecule has 0 atom stereocenters. The fourth-order valence-corrected chi connectivity index (χ4v) is 3.72. The average molecular weight is 383 g/mol. The molecule has 0 N–H and O–H groups in total. The number of hydrogen-bond acceptors (Lipinski definition) is 5. The summed E-state index contributed by atoms with van der Waals surface area (Å²) in [5.41, 5.74) is 0.518. The van der Waals surface area contributed by atoms with Crippen LogP contribution in [-0.4, -0.2) is 67.3 Å². The van der Waals surface area contributed by atoms with E-state index in [1.807, 2.05) is 0 Å². The Bertz CT molecular complexity index is 899. The summed E-state index contributed by atoms with van der Waals surface area (Å²) in [4.78, 5) is 9.58. The Kier molecular flexibility index (Phi) is 4.91. The van der Waals surface area contributed by atoms with Gasteiger partial charge in [0.1, 0.15) is 17.8 Å². The van der Waals surface area contributed by atoms with Crippen molar-refractivity contribution < 1.29 is 17.2 Å². The standard InChI is InChI=1S/C16H19F2N5O2S/c1-21(2)26(24,25)22(3)13-8-23(9-13)16-14(18)15(19-10-20-16)11-4-6-12(17)7-5-11/h4-7,10,13H,8-9H2,1-3H3. The summed E-state index contributed by atoms with van der Waals surface area (Å²) in [6.07, 6.45) is 1.24. The molecule has 10 heteroatoms. The molecule has 3 rings (SSSR count). The molecule has 140 valence electrons. The molecule has 0 radical (unpaired) electrons. The zero-order valence-electron chi connectivity index (χ0n) is 14.6. The number of anilines is 1. The van der Waals surface area contributed by atoms with E-state index in [1.54, 1.807) is 4.90 Å². The Hall–Kier alpha value is -2.17.